The summed E-state index contributed by atoms with van der Waals surface area (Å²) in [5.41, 5.74) is 1.32. The second kappa shape index (κ2) is 4.67. The molecule has 1 heterocycles. The molecule has 1 aromatic rings. The zero-order chi connectivity index (χ0) is 8.10. The maximum Gasteiger partial charge on any atom is 0.120 e. The SMILES string of the molecule is O=CCCCc1ccsc1Br. The zero-order valence-corrected chi connectivity index (χ0v) is 8.45. The van der Waals surface area contributed by atoms with Gasteiger partial charge in [-0.15, -0.1) is 11.3 Å². The predicted octanol–water partition coefficient (Wildman–Crippen LogP) is 3.03. The van der Waals surface area contributed by atoms with Crippen LogP contribution in [0.15, 0.2) is 15.2 Å². The van der Waals surface area contributed by atoms with Gasteiger partial charge in [-0.3, -0.25) is 0 Å². The van der Waals surface area contributed by atoms with Gasteiger partial charge in [0.1, 0.15) is 6.29 Å². The van der Waals surface area contributed by atoms with Crippen LogP contribution in [-0.4, -0.2) is 6.29 Å². The van der Waals surface area contributed by atoms with E-state index in [-0.39, 0.29) is 0 Å². The molecule has 60 valence electrons. The van der Waals surface area contributed by atoms with Crippen LogP contribution in [0.5, 0.6) is 0 Å². The summed E-state index contributed by atoms with van der Waals surface area (Å²) >= 11 is 5.14. The average Bonchev–Trinajstić information content (AvgIpc) is 2.37. The van der Waals surface area contributed by atoms with Crippen molar-refractivity contribution in [3.8, 4) is 0 Å². The lowest BCUT2D eigenvalue weighted by atomic mass is 10.1. The Kier molecular flexibility index (Phi) is 3.80. The van der Waals surface area contributed by atoms with E-state index in [1.165, 1.54) is 9.35 Å². The third-order valence-electron chi connectivity index (χ3n) is 1.46. The Bertz CT molecular complexity index is 232. The summed E-state index contributed by atoms with van der Waals surface area (Å²) in [5, 5.41) is 2.06. The lowest BCUT2D eigenvalue weighted by molar-refractivity contribution is -0.107. The lowest BCUT2D eigenvalue weighted by Gasteiger charge is -1.93. The van der Waals surface area contributed by atoms with Crippen molar-refractivity contribution >= 4 is 33.6 Å². The summed E-state index contributed by atoms with van der Waals surface area (Å²) in [6.45, 7) is 0. The molecule has 0 aliphatic carbocycles. The Morgan fingerprint density at radius 1 is 1.64 bits per heavy atom. The number of carbonyl (C=O) groups excluding carboxylic acids is 1. The first-order valence-corrected chi connectivity index (χ1v) is 5.17. The smallest absolute Gasteiger partial charge is 0.120 e. The quantitative estimate of drug-likeness (QED) is 0.577. The molecule has 1 nitrogen and oxygen atoms in total. The highest BCUT2D eigenvalue weighted by Crippen LogP contribution is 2.24. The number of halogens is 1. The molecule has 1 rings (SSSR count). The number of rotatable bonds is 4. The Morgan fingerprint density at radius 2 is 2.45 bits per heavy atom. The fourth-order valence-corrected chi connectivity index (χ4v) is 2.20. The highest BCUT2D eigenvalue weighted by Gasteiger charge is 1.99. The van der Waals surface area contributed by atoms with Crippen LogP contribution in [0, 0.1) is 0 Å². The van der Waals surface area contributed by atoms with E-state index < -0.39 is 0 Å². The summed E-state index contributed by atoms with van der Waals surface area (Å²) in [5.74, 6) is 0. The molecule has 0 radical (unpaired) electrons. The van der Waals surface area contributed by atoms with Crippen molar-refractivity contribution < 1.29 is 4.79 Å². The van der Waals surface area contributed by atoms with Gasteiger partial charge in [-0.2, -0.15) is 0 Å². The van der Waals surface area contributed by atoms with Gasteiger partial charge in [0, 0.05) is 6.42 Å². The first-order chi connectivity index (χ1) is 5.34. The minimum Gasteiger partial charge on any atom is -0.303 e. The van der Waals surface area contributed by atoms with Crippen LogP contribution in [0.25, 0.3) is 0 Å². The van der Waals surface area contributed by atoms with E-state index in [1.807, 2.05) is 0 Å². The molecule has 0 fully saturated rings. The van der Waals surface area contributed by atoms with Crippen molar-refractivity contribution in [2.75, 3.05) is 0 Å². The molecule has 0 atom stereocenters. The van der Waals surface area contributed by atoms with E-state index in [1.54, 1.807) is 11.3 Å². The third kappa shape index (κ3) is 2.75. The summed E-state index contributed by atoms with van der Waals surface area (Å²) in [7, 11) is 0. The predicted molar refractivity (Wildman–Crippen MR) is 51.0 cm³/mol. The molecule has 0 saturated carbocycles. The number of carbonyl (C=O) groups is 1. The number of thiophene rings is 1. The topological polar surface area (TPSA) is 17.1 Å². The minimum atomic E-state index is 0.669. The largest absolute Gasteiger partial charge is 0.303 e. The molecule has 0 amide bonds. The molecule has 0 bridgehead atoms. The second-order valence-corrected chi connectivity index (χ2v) is 4.51. The number of aldehydes is 1. The van der Waals surface area contributed by atoms with E-state index in [0.29, 0.717) is 6.42 Å². The van der Waals surface area contributed by atoms with E-state index in [2.05, 4.69) is 27.4 Å². The first kappa shape index (κ1) is 8.94. The van der Waals surface area contributed by atoms with Gasteiger partial charge in [0.2, 0.25) is 0 Å². The van der Waals surface area contributed by atoms with E-state index in [0.717, 1.165) is 19.1 Å². The van der Waals surface area contributed by atoms with Crippen LogP contribution in [0.4, 0.5) is 0 Å². The highest BCUT2D eigenvalue weighted by atomic mass is 79.9. The minimum absolute atomic E-state index is 0.669. The maximum atomic E-state index is 10.0. The van der Waals surface area contributed by atoms with Gasteiger partial charge < -0.3 is 4.79 Å². The van der Waals surface area contributed by atoms with Crippen LogP contribution >= 0.6 is 27.3 Å². The number of aryl methyl sites for hydroxylation is 1. The molecule has 0 spiro atoms. The Balaban J connectivity index is 2.38. The monoisotopic (exact) mass is 232 g/mol. The van der Waals surface area contributed by atoms with E-state index in [9.17, 15) is 4.79 Å². The maximum absolute atomic E-state index is 10.0. The van der Waals surface area contributed by atoms with E-state index >= 15 is 0 Å². The number of hydrogen-bond acceptors (Lipinski definition) is 2. The second-order valence-electron chi connectivity index (χ2n) is 2.28. The molecular formula is C8H9BrOS. The van der Waals surface area contributed by atoms with Gasteiger partial charge in [-0.1, -0.05) is 0 Å². The Hall–Kier alpha value is -0.150. The van der Waals surface area contributed by atoms with Gasteiger partial charge >= 0.3 is 0 Å². The molecule has 0 aliphatic heterocycles. The van der Waals surface area contributed by atoms with Crippen molar-refractivity contribution in [1.82, 2.24) is 0 Å². The van der Waals surface area contributed by atoms with Crippen LogP contribution in [0.1, 0.15) is 18.4 Å². The molecule has 3 heteroatoms. The molecule has 11 heavy (non-hydrogen) atoms. The molecular weight excluding hydrogens is 224 g/mol. The standard InChI is InChI=1S/C8H9BrOS/c9-8-7(4-6-11-8)3-1-2-5-10/h4-6H,1-3H2. The summed E-state index contributed by atoms with van der Waals surface area (Å²) < 4.78 is 1.20. The molecule has 0 unspecified atom stereocenters. The summed E-state index contributed by atoms with van der Waals surface area (Å²) in [6, 6.07) is 2.10. The zero-order valence-electron chi connectivity index (χ0n) is 6.05. The van der Waals surface area contributed by atoms with Crippen molar-refractivity contribution in [3.63, 3.8) is 0 Å². The molecule has 0 aromatic carbocycles. The van der Waals surface area contributed by atoms with E-state index in [4.69, 9.17) is 0 Å². The fraction of sp³-hybridized carbons (Fsp3) is 0.375. The summed E-state index contributed by atoms with van der Waals surface area (Å²) in [6.07, 6.45) is 3.60. The average molecular weight is 233 g/mol. The molecule has 0 aliphatic rings. The van der Waals surface area contributed by atoms with Crippen molar-refractivity contribution in [3.05, 3.63) is 20.8 Å². The number of hydrogen-bond donors (Lipinski definition) is 0. The molecule has 0 N–H and O–H groups in total. The van der Waals surface area contributed by atoms with Crippen molar-refractivity contribution in [2.24, 2.45) is 0 Å². The molecule has 1 aromatic heterocycles. The van der Waals surface area contributed by atoms with Crippen molar-refractivity contribution in [2.45, 2.75) is 19.3 Å². The fourth-order valence-electron chi connectivity index (χ4n) is 0.875. The van der Waals surface area contributed by atoms with Gasteiger partial charge in [0.15, 0.2) is 0 Å². The first-order valence-electron chi connectivity index (χ1n) is 3.50. The van der Waals surface area contributed by atoms with Gasteiger partial charge in [-0.05, 0) is 45.8 Å². The van der Waals surface area contributed by atoms with Crippen LogP contribution in [-0.2, 0) is 11.2 Å². The van der Waals surface area contributed by atoms with Crippen LogP contribution < -0.4 is 0 Å². The molecule has 0 saturated heterocycles. The van der Waals surface area contributed by atoms with Crippen molar-refractivity contribution in [1.29, 1.82) is 0 Å². The van der Waals surface area contributed by atoms with Gasteiger partial charge in [0.25, 0.3) is 0 Å². The Morgan fingerprint density at radius 3 is 3.00 bits per heavy atom. The lowest BCUT2D eigenvalue weighted by Crippen LogP contribution is -1.83. The highest BCUT2D eigenvalue weighted by molar-refractivity contribution is 9.11. The van der Waals surface area contributed by atoms with Gasteiger partial charge in [-0.25, -0.2) is 0 Å². The Labute approximate surface area is 78.6 Å². The van der Waals surface area contributed by atoms with Crippen LogP contribution in [0.2, 0.25) is 0 Å². The number of unbranched alkanes of at least 4 members (excludes halogenated alkanes) is 1. The van der Waals surface area contributed by atoms with Gasteiger partial charge in [0.05, 0.1) is 3.79 Å². The third-order valence-corrected chi connectivity index (χ3v) is 3.27. The normalized spacial score (nSPS) is 9.91. The van der Waals surface area contributed by atoms with Crippen LogP contribution in [0.3, 0.4) is 0 Å². The summed E-state index contributed by atoms with van der Waals surface area (Å²) in [4.78, 5) is 10.0.